The zero-order valence-corrected chi connectivity index (χ0v) is 11.7. The molecule has 0 saturated heterocycles. The third kappa shape index (κ3) is 3.38. The summed E-state index contributed by atoms with van der Waals surface area (Å²) in [4.78, 5) is 15.4. The van der Waals surface area contributed by atoms with Crippen molar-refractivity contribution in [3.05, 3.63) is 34.6 Å². The van der Waals surface area contributed by atoms with Crippen molar-refractivity contribution in [1.82, 2.24) is 15.2 Å². The van der Waals surface area contributed by atoms with Crippen LogP contribution in [0, 0.1) is 10.1 Å². The molecule has 1 aromatic heterocycles. The van der Waals surface area contributed by atoms with Gasteiger partial charge < -0.3 is 9.88 Å². The SMILES string of the molecule is CCN(CC)c1ccc(N=Nc2nnc[nH]2)cc1[N+](=O)[O-]. The van der Waals surface area contributed by atoms with Crippen LogP contribution in [0.4, 0.5) is 23.0 Å². The van der Waals surface area contributed by atoms with E-state index in [0.717, 1.165) is 0 Å². The zero-order valence-electron chi connectivity index (χ0n) is 11.7. The third-order valence-corrected chi connectivity index (χ3v) is 2.92. The molecule has 9 heteroatoms. The summed E-state index contributed by atoms with van der Waals surface area (Å²) >= 11 is 0. The fourth-order valence-corrected chi connectivity index (χ4v) is 1.90. The minimum atomic E-state index is -0.416. The average Bonchev–Trinajstić information content (AvgIpc) is 3.00. The van der Waals surface area contributed by atoms with Gasteiger partial charge in [-0.15, -0.1) is 20.4 Å². The number of nitro benzene ring substituents is 1. The number of rotatable bonds is 6. The van der Waals surface area contributed by atoms with Gasteiger partial charge in [0, 0.05) is 19.2 Å². The van der Waals surface area contributed by atoms with Crippen molar-refractivity contribution in [2.24, 2.45) is 10.2 Å². The molecule has 0 aliphatic rings. The van der Waals surface area contributed by atoms with E-state index < -0.39 is 4.92 Å². The van der Waals surface area contributed by atoms with E-state index in [9.17, 15) is 10.1 Å². The summed E-state index contributed by atoms with van der Waals surface area (Å²) in [5, 5.41) is 26.2. The molecule has 0 spiro atoms. The van der Waals surface area contributed by atoms with Crippen LogP contribution in [0.1, 0.15) is 13.8 Å². The van der Waals surface area contributed by atoms with Gasteiger partial charge in [-0.25, -0.2) is 0 Å². The Balaban J connectivity index is 2.34. The molecule has 1 N–H and O–H groups in total. The highest BCUT2D eigenvalue weighted by Gasteiger charge is 2.18. The number of nitro groups is 1. The Labute approximate surface area is 120 Å². The molecular formula is C12H15N7O2. The first-order chi connectivity index (χ1) is 10.2. The summed E-state index contributed by atoms with van der Waals surface area (Å²) in [7, 11) is 0. The molecular weight excluding hydrogens is 274 g/mol. The molecule has 0 saturated carbocycles. The summed E-state index contributed by atoms with van der Waals surface area (Å²) in [6.45, 7) is 5.28. The van der Waals surface area contributed by atoms with E-state index in [-0.39, 0.29) is 11.6 Å². The van der Waals surface area contributed by atoms with Crippen LogP contribution in [-0.4, -0.2) is 33.2 Å². The smallest absolute Gasteiger partial charge is 0.294 e. The molecule has 0 unspecified atom stereocenters. The summed E-state index contributed by atoms with van der Waals surface area (Å²) in [5.41, 5.74) is 0.963. The standard InChI is InChI=1S/C12H15N7O2/c1-3-18(4-2)10-6-5-9(7-11(10)19(20)21)15-17-12-13-8-14-16-12/h5-8H,3-4H2,1-2H3,(H,13,14,16). The maximum Gasteiger partial charge on any atom is 0.294 e. The molecule has 110 valence electrons. The number of benzene rings is 1. The van der Waals surface area contributed by atoms with Crippen LogP contribution >= 0.6 is 0 Å². The van der Waals surface area contributed by atoms with E-state index in [1.54, 1.807) is 12.1 Å². The van der Waals surface area contributed by atoms with E-state index in [2.05, 4.69) is 25.4 Å². The van der Waals surface area contributed by atoms with E-state index in [1.165, 1.54) is 12.4 Å². The van der Waals surface area contributed by atoms with Crippen LogP contribution < -0.4 is 4.90 Å². The lowest BCUT2D eigenvalue weighted by atomic mass is 10.2. The molecule has 2 rings (SSSR count). The second-order valence-electron chi connectivity index (χ2n) is 4.11. The molecule has 9 nitrogen and oxygen atoms in total. The van der Waals surface area contributed by atoms with Gasteiger partial charge in [-0.1, -0.05) is 0 Å². The average molecular weight is 289 g/mol. The molecule has 2 aromatic rings. The second-order valence-corrected chi connectivity index (χ2v) is 4.11. The summed E-state index contributed by atoms with van der Waals surface area (Å²) in [6.07, 6.45) is 1.38. The van der Waals surface area contributed by atoms with Gasteiger partial charge in [0.05, 0.1) is 10.6 Å². The highest BCUT2D eigenvalue weighted by molar-refractivity contribution is 5.67. The molecule has 1 heterocycles. The van der Waals surface area contributed by atoms with Crippen LogP contribution in [-0.2, 0) is 0 Å². The van der Waals surface area contributed by atoms with Crippen LogP contribution in [0.25, 0.3) is 0 Å². The van der Waals surface area contributed by atoms with E-state index in [0.29, 0.717) is 24.5 Å². The van der Waals surface area contributed by atoms with Crippen LogP contribution in [0.15, 0.2) is 34.8 Å². The first kappa shape index (κ1) is 14.6. The number of hydrogen-bond donors (Lipinski definition) is 1. The minimum absolute atomic E-state index is 0.00715. The molecule has 0 aliphatic carbocycles. The predicted octanol–water partition coefficient (Wildman–Crippen LogP) is 2.97. The van der Waals surface area contributed by atoms with E-state index in [4.69, 9.17) is 0 Å². The third-order valence-electron chi connectivity index (χ3n) is 2.92. The van der Waals surface area contributed by atoms with Crippen molar-refractivity contribution in [1.29, 1.82) is 0 Å². The number of nitrogens with zero attached hydrogens (tertiary/aromatic N) is 6. The van der Waals surface area contributed by atoms with Crippen molar-refractivity contribution in [2.75, 3.05) is 18.0 Å². The van der Waals surface area contributed by atoms with Crippen molar-refractivity contribution in [3.63, 3.8) is 0 Å². The van der Waals surface area contributed by atoms with Crippen molar-refractivity contribution < 1.29 is 4.92 Å². The Kier molecular flexibility index (Phi) is 4.54. The Morgan fingerprint density at radius 1 is 1.33 bits per heavy atom. The lowest BCUT2D eigenvalue weighted by Gasteiger charge is -2.20. The zero-order chi connectivity index (χ0) is 15.2. The number of hydrogen-bond acceptors (Lipinski definition) is 7. The summed E-state index contributed by atoms with van der Waals surface area (Å²) < 4.78 is 0. The van der Waals surface area contributed by atoms with E-state index in [1.807, 2.05) is 18.7 Å². The summed E-state index contributed by atoms with van der Waals surface area (Å²) in [5.74, 6) is 0.241. The van der Waals surface area contributed by atoms with Crippen LogP contribution in [0.2, 0.25) is 0 Å². The molecule has 0 bridgehead atoms. The lowest BCUT2D eigenvalue weighted by molar-refractivity contribution is -0.384. The van der Waals surface area contributed by atoms with Crippen molar-refractivity contribution in [2.45, 2.75) is 13.8 Å². The number of anilines is 1. The first-order valence-corrected chi connectivity index (χ1v) is 6.46. The number of azo groups is 1. The largest absolute Gasteiger partial charge is 0.367 e. The summed E-state index contributed by atoms with van der Waals surface area (Å²) in [6, 6.07) is 4.76. The van der Waals surface area contributed by atoms with Crippen molar-refractivity contribution >= 4 is 23.0 Å². The van der Waals surface area contributed by atoms with Gasteiger partial charge in [0.1, 0.15) is 12.0 Å². The highest BCUT2D eigenvalue weighted by Crippen LogP contribution is 2.32. The van der Waals surface area contributed by atoms with Crippen LogP contribution in [0.5, 0.6) is 0 Å². The molecule has 0 atom stereocenters. The number of H-pyrrole nitrogens is 1. The van der Waals surface area contributed by atoms with Gasteiger partial charge >= 0.3 is 0 Å². The minimum Gasteiger partial charge on any atom is -0.367 e. The fraction of sp³-hybridized carbons (Fsp3) is 0.333. The van der Waals surface area contributed by atoms with E-state index >= 15 is 0 Å². The number of aromatic amines is 1. The maximum absolute atomic E-state index is 11.2. The second kappa shape index (κ2) is 6.55. The predicted molar refractivity (Wildman–Crippen MR) is 77.2 cm³/mol. The van der Waals surface area contributed by atoms with Gasteiger partial charge in [0.2, 0.25) is 0 Å². The first-order valence-electron chi connectivity index (χ1n) is 6.46. The number of nitrogens with one attached hydrogen (secondary N) is 1. The molecule has 21 heavy (non-hydrogen) atoms. The fourth-order valence-electron chi connectivity index (χ4n) is 1.90. The monoisotopic (exact) mass is 289 g/mol. The number of aromatic nitrogens is 3. The molecule has 0 aliphatic heterocycles. The molecule has 0 radical (unpaired) electrons. The molecule has 0 fully saturated rings. The Morgan fingerprint density at radius 2 is 2.10 bits per heavy atom. The Morgan fingerprint density at radius 3 is 2.67 bits per heavy atom. The molecule has 1 aromatic carbocycles. The molecule has 0 amide bonds. The van der Waals surface area contributed by atoms with Gasteiger partial charge in [0.25, 0.3) is 11.6 Å². The Bertz CT molecular complexity index is 635. The Hall–Kier alpha value is -2.84. The van der Waals surface area contributed by atoms with Gasteiger partial charge in [-0.05, 0) is 26.0 Å². The van der Waals surface area contributed by atoms with Gasteiger partial charge in [-0.2, -0.15) is 0 Å². The normalized spacial score (nSPS) is 11.0. The maximum atomic E-state index is 11.2. The quantitative estimate of drug-likeness (QED) is 0.499. The lowest BCUT2D eigenvalue weighted by Crippen LogP contribution is -2.22. The van der Waals surface area contributed by atoms with Crippen LogP contribution in [0.3, 0.4) is 0 Å². The van der Waals surface area contributed by atoms with Gasteiger partial charge in [-0.3, -0.25) is 10.1 Å². The topological polar surface area (TPSA) is 113 Å². The highest BCUT2D eigenvalue weighted by atomic mass is 16.6. The van der Waals surface area contributed by atoms with Crippen molar-refractivity contribution in [3.8, 4) is 0 Å². The van der Waals surface area contributed by atoms with Gasteiger partial charge in [0.15, 0.2) is 0 Å².